The van der Waals surface area contributed by atoms with Crippen molar-refractivity contribution in [1.82, 2.24) is 0 Å². The second-order valence-electron chi connectivity index (χ2n) is 6.17. The summed E-state index contributed by atoms with van der Waals surface area (Å²) in [5.74, 6) is 6.52. The van der Waals surface area contributed by atoms with Crippen LogP contribution in [0.1, 0.15) is 61.8 Å². The summed E-state index contributed by atoms with van der Waals surface area (Å²) < 4.78 is 1.09. The Morgan fingerprint density at radius 1 is 0.958 bits per heavy atom. The van der Waals surface area contributed by atoms with Gasteiger partial charge in [0.25, 0.3) is 0 Å². The van der Waals surface area contributed by atoms with E-state index >= 15 is 0 Å². The molecule has 0 aliphatic rings. The van der Waals surface area contributed by atoms with Gasteiger partial charge in [0.2, 0.25) is 0 Å². The Hall–Kier alpha value is -1.56. The topological polar surface area (TPSA) is 26.0 Å². The predicted octanol–water partition coefficient (Wildman–Crippen LogP) is 6.01. The van der Waals surface area contributed by atoms with Gasteiger partial charge in [-0.2, -0.15) is 0 Å². The molecule has 2 aromatic carbocycles. The summed E-state index contributed by atoms with van der Waals surface area (Å²) in [6.07, 6.45) is 6.91. The maximum Gasteiger partial charge on any atom is 0.0335 e. The smallest absolute Gasteiger partial charge is 0.0335 e. The minimum Gasteiger partial charge on any atom is -0.324 e. The van der Waals surface area contributed by atoms with Gasteiger partial charge >= 0.3 is 0 Å². The van der Waals surface area contributed by atoms with E-state index in [4.69, 9.17) is 5.73 Å². The van der Waals surface area contributed by atoms with Crippen molar-refractivity contribution >= 4 is 15.9 Å². The Kier molecular flexibility index (Phi) is 8.08. The Morgan fingerprint density at radius 3 is 2.33 bits per heavy atom. The van der Waals surface area contributed by atoms with E-state index in [0.29, 0.717) is 0 Å². The minimum atomic E-state index is 0.0160. The zero-order valence-electron chi connectivity index (χ0n) is 14.4. The van der Waals surface area contributed by atoms with Crippen LogP contribution in [-0.2, 0) is 6.42 Å². The fourth-order valence-corrected chi connectivity index (χ4v) is 2.87. The number of hydrogen-bond acceptors (Lipinski definition) is 1. The Bertz CT molecular complexity index is 662. The lowest BCUT2D eigenvalue weighted by Crippen LogP contribution is -2.13. The summed E-state index contributed by atoms with van der Waals surface area (Å²) in [7, 11) is 0. The summed E-state index contributed by atoms with van der Waals surface area (Å²) in [5.41, 5.74) is 9.82. The molecule has 1 atom stereocenters. The first kappa shape index (κ1) is 18.8. The van der Waals surface area contributed by atoms with Crippen LogP contribution >= 0.6 is 15.9 Å². The lowest BCUT2D eigenvalue weighted by molar-refractivity contribution is 0.679. The third-order valence-electron chi connectivity index (χ3n) is 4.10. The summed E-state index contributed by atoms with van der Waals surface area (Å²) in [6.45, 7) is 2.23. The van der Waals surface area contributed by atoms with Crippen LogP contribution in [0.5, 0.6) is 0 Å². The largest absolute Gasteiger partial charge is 0.324 e. The molecule has 2 N–H and O–H groups in total. The normalized spacial score (nSPS) is 11.6. The van der Waals surface area contributed by atoms with E-state index in [9.17, 15) is 0 Å². The van der Waals surface area contributed by atoms with Crippen molar-refractivity contribution in [2.45, 2.75) is 51.5 Å². The molecule has 126 valence electrons. The molecule has 0 spiro atoms. The molecule has 0 heterocycles. The summed E-state index contributed by atoms with van der Waals surface area (Å²) >= 11 is 3.46. The first-order valence-electron chi connectivity index (χ1n) is 8.78. The highest BCUT2D eigenvalue weighted by atomic mass is 79.9. The van der Waals surface area contributed by atoms with Gasteiger partial charge in [-0.05, 0) is 48.2 Å². The molecule has 0 radical (unpaired) electrons. The predicted molar refractivity (Wildman–Crippen MR) is 107 cm³/mol. The van der Waals surface area contributed by atoms with Gasteiger partial charge in [-0.1, -0.05) is 78.2 Å². The zero-order valence-corrected chi connectivity index (χ0v) is 16.0. The standard InChI is InChI=1S/C22H26BrN/c1-2-3-4-5-6-7-8-18-9-13-20(14-10-18)22(24)17-19-11-15-21(23)16-12-19/h9-16,22H,2-6,17,24H2,1H3. The SMILES string of the molecule is CCCCCCC#Cc1ccc(C(N)Cc2ccc(Br)cc2)cc1. The molecule has 0 fully saturated rings. The molecule has 24 heavy (non-hydrogen) atoms. The van der Waals surface area contributed by atoms with Gasteiger partial charge in [0.1, 0.15) is 0 Å². The number of nitrogens with two attached hydrogens (primary N) is 1. The maximum atomic E-state index is 6.34. The summed E-state index contributed by atoms with van der Waals surface area (Å²) in [5, 5.41) is 0. The van der Waals surface area contributed by atoms with Gasteiger partial charge < -0.3 is 5.73 Å². The van der Waals surface area contributed by atoms with Crippen molar-refractivity contribution in [3.8, 4) is 11.8 Å². The van der Waals surface area contributed by atoms with Crippen molar-refractivity contribution < 1.29 is 0 Å². The highest BCUT2D eigenvalue weighted by Crippen LogP contribution is 2.18. The van der Waals surface area contributed by atoms with Gasteiger partial charge in [0, 0.05) is 22.5 Å². The van der Waals surface area contributed by atoms with Gasteiger partial charge in [0.15, 0.2) is 0 Å². The fourth-order valence-electron chi connectivity index (χ4n) is 2.61. The van der Waals surface area contributed by atoms with Crippen LogP contribution in [0.2, 0.25) is 0 Å². The zero-order chi connectivity index (χ0) is 17.2. The van der Waals surface area contributed by atoms with Crippen molar-refractivity contribution in [3.63, 3.8) is 0 Å². The van der Waals surface area contributed by atoms with Crippen molar-refractivity contribution in [2.75, 3.05) is 0 Å². The second-order valence-corrected chi connectivity index (χ2v) is 7.09. The molecule has 0 amide bonds. The highest BCUT2D eigenvalue weighted by molar-refractivity contribution is 9.10. The second kappa shape index (κ2) is 10.3. The van der Waals surface area contributed by atoms with Gasteiger partial charge in [-0.25, -0.2) is 0 Å². The third kappa shape index (κ3) is 6.51. The van der Waals surface area contributed by atoms with Crippen molar-refractivity contribution in [1.29, 1.82) is 0 Å². The van der Waals surface area contributed by atoms with E-state index in [1.165, 1.54) is 31.2 Å². The molecule has 1 nitrogen and oxygen atoms in total. The molecule has 0 aliphatic heterocycles. The van der Waals surface area contributed by atoms with Crippen LogP contribution in [0.15, 0.2) is 53.0 Å². The van der Waals surface area contributed by atoms with E-state index in [1.807, 2.05) is 0 Å². The van der Waals surface area contributed by atoms with Gasteiger partial charge in [0.05, 0.1) is 0 Å². The number of unbranched alkanes of at least 4 members (excludes halogenated alkanes) is 4. The molecule has 0 aromatic heterocycles. The maximum absolute atomic E-state index is 6.34. The molecule has 0 saturated heterocycles. The first-order valence-corrected chi connectivity index (χ1v) is 9.57. The van der Waals surface area contributed by atoms with Crippen molar-refractivity contribution in [3.05, 3.63) is 69.7 Å². The Balaban J connectivity index is 1.86. The molecule has 2 rings (SSSR count). The molecule has 2 heteroatoms. The average Bonchev–Trinajstić information content (AvgIpc) is 2.60. The van der Waals surface area contributed by atoms with Crippen LogP contribution in [0.4, 0.5) is 0 Å². The fraction of sp³-hybridized carbons (Fsp3) is 0.364. The minimum absolute atomic E-state index is 0.0160. The number of rotatable bonds is 7. The lowest BCUT2D eigenvalue weighted by atomic mass is 9.99. The number of halogens is 1. The van der Waals surface area contributed by atoms with Gasteiger partial charge in [-0.15, -0.1) is 0 Å². The number of hydrogen-bond donors (Lipinski definition) is 1. The van der Waals surface area contributed by atoms with Crippen LogP contribution < -0.4 is 5.73 Å². The van der Waals surface area contributed by atoms with E-state index in [0.717, 1.165) is 28.4 Å². The average molecular weight is 384 g/mol. The molecular formula is C22H26BrN. The van der Waals surface area contributed by atoms with Gasteiger partial charge in [-0.3, -0.25) is 0 Å². The van der Waals surface area contributed by atoms with E-state index in [1.54, 1.807) is 0 Å². The van der Waals surface area contributed by atoms with Crippen LogP contribution in [0.3, 0.4) is 0 Å². The quantitative estimate of drug-likeness (QED) is 0.459. The monoisotopic (exact) mass is 383 g/mol. The summed E-state index contributed by atoms with van der Waals surface area (Å²) in [4.78, 5) is 0. The Labute approximate surface area is 154 Å². The molecular weight excluding hydrogens is 358 g/mol. The molecule has 0 saturated carbocycles. The number of benzene rings is 2. The van der Waals surface area contributed by atoms with E-state index in [2.05, 4.69) is 83.2 Å². The molecule has 0 bridgehead atoms. The summed E-state index contributed by atoms with van der Waals surface area (Å²) in [6, 6.07) is 16.7. The molecule has 0 aliphatic carbocycles. The molecule has 2 aromatic rings. The Morgan fingerprint density at radius 2 is 1.67 bits per heavy atom. The van der Waals surface area contributed by atoms with E-state index < -0.39 is 0 Å². The first-order chi connectivity index (χ1) is 11.7. The van der Waals surface area contributed by atoms with E-state index in [-0.39, 0.29) is 6.04 Å². The highest BCUT2D eigenvalue weighted by Gasteiger charge is 2.07. The van der Waals surface area contributed by atoms with Crippen LogP contribution in [0.25, 0.3) is 0 Å². The van der Waals surface area contributed by atoms with Crippen LogP contribution in [0, 0.1) is 11.8 Å². The third-order valence-corrected chi connectivity index (χ3v) is 4.62. The van der Waals surface area contributed by atoms with Crippen LogP contribution in [-0.4, -0.2) is 0 Å². The van der Waals surface area contributed by atoms with Crippen molar-refractivity contribution in [2.24, 2.45) is 5.73 Å². The lowest BCUT2D eigenvalue weighted by Gasteiger charge is -2.12. The molecule has 1 unspecified atom stereocenters.